The van der Waals surface area contributed by atoms with Crippen LogP contribution in [0.4, 0.5) is 0 Å². The molecule has 0 radical (unpaired) electrons. The molecular weight excluding hydrogens is 328 g/mol. The van der Waals surface area contributed by atoms with E-state index in [4.69, 9.17) is 0 Å². The van der Waals surface area contributed by atoms with Crippen molar-refractivity contribution in [2.24, 2.45) is 0 Å². The van der Waals surface area contributed by atoms with Gasteiger partial charge in [0, 0.05) is 25.0 Å². The van der Waals surface area contributed by atoms with Crippen molar-refractivity contribution in [3.05, 3.63) is 77.4 Å². The van der Waals surface area contributed by atoms with Crippen molar-refractivity contribution in [3.8, 4) is 0 Å². The van der Waals surface area contributed by atoms with Crippen LogP contribution in [0.15, 0.2) is 70.4 Å². The SMILES string of the molecule is O=S(=O)(c1cccs1)N1CCn2cccc2[C@H]1c1ccccc1. The fraction of sp³-hybridized carbons (Fsp3) is 0.176. The minimum Gasteiger partial charge on any atom is -0.348 e. The highest BCUT2D eigenvalue weighted by molar-refractivity contribution is 7.91. The Labute approximate surface area is 139 Å². The summed E-state index contributed by atoms with van der Waals surface area (Å²) < 4.78 is 30.3. The molecule has 1 aliphatic rings. The van der Waals surface area contributed by atoms with Gasteiger partial charge in [0.1, 0.15) is 4.21 Å². The summed E-state index contributed by atoms with van der Waals surface area (Å²) in [5.74, 6) is 0. The maximum atomic E-state index is 13.1. The largest absolute Gasteiger partial charge is 0.348 e. The van der Waals surface area contributed by atoms with Crippen molar-refractivity contribution in [2.45, 2.75) is 16.8 Å². The molecule has 4 nitrogen and oxygen atoms in total. The average molecular weight is 344 g/mol. The van der Waals surface area contributed by atoms with Gasteiger partial charge in [-0.3, -0.25) is 0 Å². The van der Waals surface area contributed by atoms with Gasteiger partial charge in [-0.1, -0.05) is 36.4 Å². The first-order valence-corrected chi connectivity index (χ1v) is 9.75. The predicted octanol–water partition coefficient (Wildman–Crippen LogP) is 3.34. The van der Waals surface area contributed by atoms with Crippen LogP contribution in [0, 0.1) is 0 Å². The number of aromatic nitrogens is 1. The molecule has 0 bridgehead atoms. The van der Waals surface area contributed by atoms with Crippen LogP contribution in [0.5, 0.6) is 0 Å². The third kappa shape index (κ3) is 2.43. The minimum atomic E-state index is -3.50. The molecule has 6 heteroatoms. The molecule has 0 unspecified atom stereocenters. The Hall–Kier alpha value is -1.89. The smallest absolute Gasteiger partial charge is 0.253 e. The Kier molecular flexibility index (Phi) is 3.60. The first-order valence-electron chi connectivity index (χ1n) is 7.43. The van der Waals surface area contributed by atoms with Gasteiger partial charge in [-0.05, 0) is 29.1 Å². The van der Waals surface area contributed by atoms with Gasteiger partial charge in [-0.2, -0.15) is 4.31 Å². The maximum Gasteiger partial charge on any atom is 0.253 e. The van der Waals surface area contributed by atoms with Crippen LogP contribution in [0.1, 0.15) is 17.3 Å². The standard InChI is InChI=1S/C17H16N2O2S2/c20-23(21,16-9-5-13-22-16)19-12-11-18-10-4-8-15(18)17(19)14-6-2-1-3-7-14/h1-10,13,17H,11-12H2/t17-/m1/s1. The summed E-state index contributed by atoms with van der Waals surface area (Å²) in [5.41, 5.74) is 2.01. The first-order chi connectivity index (χ1) is 11.2. The van der Waals surface area contributed by atoms with Crippen molar-refractivity contribution in [3.63, 3.8) is 0 Å². The first kappa shape index (κ1) is 14.7. The summed E-state index contributed by atoms with van der Waals surface area (Å²) in [6.07, 6.45) is 2.01. The molecule has 1 aromatic carbocycles. The lowest BCUT2D eigenvalue weighted by atomic mass is 10.0. The van der Waals surface area contributed by atoms with E-state index in [1.807, 2.05) is 48.7 Å². The van der Waals surface area contributed by atoms with Crippen LogP contribution in [0.2, 0.25) is 0 Å². The molecule has 3 heterocycles. The minimum absolute atomic E-state index is 0.285. The van der Waals surface area contributed by atoms with E-state index in [2.05, 4.69) is 4.57 Å². The molecule has 2 aromatic heterocycles. The van der Waals surface area contributed by atoms with Gasteiger partial charge >= 0.3 is 0 Å². The molecular formula is C17H16N2O2S2. The van der Waals surface area contributed by atoms with Gasteiger partial charge in [0.05, 0.1) is 6.04 Å². The molecule has 23 heavy (non-hydrogen) atoms. The summed E-state index contributed by atoms with van der Waals surface area (Å²) in [5, 5.41) is 1.80. The Morgan fingerprint density at radius 1 is 0.957 bits per heavy atom. The van der Waals surface area contributed by atoms with Crippen LogP contribution in [0.25, 0.3) is 0 Å². The van der Waals surface area contributed by atoms with E-state index in [0.29, 0.717) is 17.3 Å². The fourth-order valence-electron chi connectivity index (χ4n) is 3.12. The van der Waals surface area contributed by atoms with Crippen molar-refractivity contribution in [1.82, 2.24) is 8.87 Å². The fourth-order valence-corrected chi connectivity index (χ4v) is 5.82. The lowest BCUT2D eigenvalue weighted by molar-refractivity contribution is 0.299. The van der Waals surface area contributed by atoms with Crippen LogP contribution >= 0.6 is 11.3 Å². The second-order valence-electron chi connectivity index (χ2n) is 5.49. The van der Waals surface area contributed by atoms with Gasteiger partial charge in [-0.15, -0.1) is 11.3 Å². The number of nitrogens with zero attached hydrogens (tertiary/aromatic N) is 2. The number of hydrogen-bond acceptors (Lipinski definition) is 3. The third-order valence-electron chi connectivity index (χ3n) is 4.17. The lowest BCUT2D eigenvalue weighted by Crippen LogP contribution is -2.42. The molecule has 0 amide bonds. The van der Waals surface area contributed by atoms with E-state index < -0.39 is 10.0 Å². The van der Waals surface area contributed by atoms with Gasteiger partial charge < -0.3 is 4.57 Å². The van der Waals surface area contributed by atoms with Crippen molar-refractivity contribution >= 4 is 21.4 Å². The summed E-state index contributed by atoms with van der Waals surface area (Å²) in [7, 11) is -3.50. The lowest BCUT2D eigenvalue weighted by Gasteiger charge is -2.36. The highest BCUT2D eigenvalue weighted by Gasteiger charge is 2.37. The number of thiophene rings is 1. The molecule has 0 spiro atoms. The van der Waals surface area contributed by atoms with E-state index in [-0.39, 0.29) is 6.04 Å². The van der Waals surface area contributed by atoms with Gasteiger partial charge in [0.25, 0.3) is 10.0 Å². The number of sulfonamides is 1. The van der Waals surface area contributed by atoms with E-state index >= 15 is 0 Å². The maximum absolute atomic E-state index is 13.1. The van der Waals surface area contributed by atoms with Crippen molar-refractivity contribution in [1.29, 1.82) is 0 Å². The zero-order valence-corrected chi connectivity index (χ0v) is 14.0. The molecule has 1 atom stereocenters. The number of benzene rings is 1. The molecule has 1 aliphatic heterocycles. The van der Waals surface area contributed by atoms with Gasteiger partial charge in [0.15, 0.2) is 0 Å². The third-order valence-corrected chi connectivity index (χ3v) is 7.40. The van der Waals surface area contributed by atoms with E-state index in [9.17, 15) is 8.42 Å². The summed E-state index contributed by atoms with van der Waals surface area (Å²) in [6.45, 7) is 1.15. The molecule has 3 aromatic rings. The van der Waals surface area contributed by atoms with Crippen LogP contribution in [-0.2, 0) is 16.6 Å². The van der Waals surface area contributed by atoms with Gasteiger partial charge in [0.2, 0.25) is 0 Å². The number of hydrogen-bond donors (Lipinski definition) is 0. The number of rotatable bonds is 3. The summed E-state index contributed by atoms with van der Waals surface area (Å²) in [4.78, 5) is 0. The predicted molar refractivity (Wildman–Crippen MR) is 90.9 cm³/mol. The van der Waals surface area contributed by atoms with E-state index in [0.717, 1.165) is 11.3 Å². The van der Waals surface area contributed by atoms with E-state index in [1.54, 1.807) is 21.8 Å². The van der Waals surface area contributed by atoms with Crippen LogP contribution in [0.3, 0.4) is 0 Å². The molecule has 118 valence electrons. The summed E-state index contributed by atoms with van der Waals surface area (Å²) >= 11 is 1.27. The van der Waals surface area contributed by atoms with E-state index in [1.165, 1.54) is 11.3 Å². The second-order valence-corrected chi connectivity index (χ2v) is 8.55. The molecule has 0 N–H and O–H groups in total. The topological polar surface area (TPSA) is 42.3 Å². The van der Waals surface area contributed by atoms with Crippen molar-refractivity contribution in [2.75, 3.05) is 6.54 Å². The average Bonchev–Trinajstić information content (AvgIpc) is 3.26. The quantitative estimate of drug-likeness (QED) is 0.731. The molecule has 0 saturated heterocycles. The zero-order chi connectivity index (χ0) is 15.9. The highest BCUT2D eigenvalue weighted by atomic mass is 32.2. The molecule has 0 fully saturated rings. The molecule has 0 saturated carbocycles. The number of fused-ring (bicyclic) bond motifs is 1. The monoisotopic (exact) mass is 344 g/mol. The Bertz CT molecular complexity index is 899. The Balaban J connectivity index is 1.86. The van der Waals surface area contributed by atoms with Gasteiger partial charge in [-0.25, -0.2) is 8.42 Å². The summed E-state index contributed by atoms with van der Waals surface area (Å²) in [6, 6.07) is 17.0. The normalized spacial score (nSPS) is 18.7. The molecule has 0 aliphatic carbocycles. The van der Waals surface area contributed by atoms with Crippen LogP contribution in [-0.4, -0.2) is 23.8 Å². The molecule has 4 rings (SSSR count). The van der Waals surface area contributed by atoms with Crippen molar-refractivity contribution < 1.29 is 8.42 Å². The highest BCUT2D eigenvalue weighted by Crippen LogP contribution is 2.37. The Morgan fingerprint density at radius 2 is 1.78 bits per heavy atom. The second kappa shape index (κ2) is 5.63. The zero-order valence-electron chi connectivity index (χ0n) is 12.4. The van der Waals surface area contributed by atoms with Crippen LogP contribution < -0.4 is 0 Å². The Morgan fingerprint density at radius 3 is 2.52 bits per heavy atom.